The molecule has 0 saturated carbocycles. The zero-order valence-corrected chi connectivity index (χ0v) is 8.75. The van der Waals surface area contributed by atoms with E-state index in [0.717, 1.165) is 11.3 Å². The molecule has 0 atom stereocenters. The predicted molar refractivity (Wildman–Crippen MR) is 51.0 cm³/mol. The van der Waals surface area contributed by atoms with E-state index in [4.69, 9.17) is 5.11 Å². The van der Waals surface area contributed by atoms with Gasteiger partial charge in [-0.3, -0.25) is 4.68 Å². The first-order chi connectivity index (χ1) is 6.04. The van der Waals surface area contributed by atoms with Crippen molar-refractivity contribution in [1.29, 1.82) is 0 Å². The summed E-state index contributed by atoms with van der Waals surface area (Å²) in [6, 6.07) is 0. The van der Waals surface area contributed by atoms with E-state index in [-0.39, 0.29) is 5.69 Å². The minimum Gasteiger partial charge on any atom is -0.476 e. The summed E-state index contributed by atoms with van der Waals surface area (Å²) in [6.07, 6.45) is 0. The SMILES string of the molecule is CC.Cc1c(C(=O)O)nn(C)c1C. The maximum absolute atomic E-state index is 10.5. The molecule has 13 heavy (non-hydrogen) atoms. The van der Waals surface area contributed by atoms with Crippen LogP contribution in [0.1, 0.15) is 35.6 Å². The van der Waals surface area contributed by atoms with Gasteiger partial charge in [-0.05, 0) is 13.8 Å². The first kappa shape index (κ1) is 11.7. The van der Waals surface area contributed by atoms with Crippen molar-refractivity contribution >= 4 is 5.97 Å². The van der Waals surface area contributed by atoms with Gasteiger partial charge in [0.1, 0.15) is 0 Å². The summed E-state index contributed by atoms with van der Waals surface area (Å²) >= 11 is 0. The third kappa shape index (κ3) is 2.31. The van der Waals surface area contributed by atoms with E-state index in [0.29, 0.717) is 0 Å². The van der Waals surface area contributed by atoms with Gasteiger partial charge in [-0.25, -0.2) is 4.79 Å². The van der Waals surface area contributed by atoms with Crippen molar-refractivity contribution in [3.63, 3.8) is 0 Å². The van der Waals surface area contributed by atoms with E-state index in [1.807, 2.05) is 20.8 Å². The molecule has 1 aromatic rings. The van der Waals surface area contributed by atoms with E-state index in [1.165, 1.54) is 0 Å². The summed E-state index contributed by atoms with van der Waals surface area (Å²) < 4.78 is 1.57. The maximum atomic E-state index is 10.5. The highest BCUT2D eigenvalue weighted by atomic mass is 16.4. The van der Waals surface area contributed by atoms with Crippen LogP contribution in [0.4, 0.5) is 0 Å². The van der Waals surface area contributed by atoms with Crippen LogP contribution in [0.3, 0.4) is 0 Å². The number of aromatic nitrogens is 2. The first-order valence-electron chi connectivity index (χ1n) is 4.27. The van der Waals surface area contributed by atoms with Gasteiger partial charge in [0.05, 0.1) is 0 Å². The van der Waals surface area contributed by atoms with E-state index in [1.54, 1.807) is 18.7 Å². The fourth-order valence-electron chi connectivity index (χ4n) is 0.917. The van der Waals surface area contributed by atoms with Gasteiger partial charge in [0.2, 0.25) is 0 Å². The predicted octanol–water partition coefficient (Wildman–Crippen LogP) is 1.76. The zero-order chi connectivity index (χ0) is 10.6. The van der Waals surface area contributed by atoms with Gasteiger partial charge < -0.3 is 5.11 Å². The lowest BCUT2D eigenvalue weighted by Gasteiger charge is -1.90. The highest BCUT2D eigenvalue weighted by Gasteiger charge is 2.14. The van der Waals surface area contributed by atoms with Gasteiger partial charge in [0, 0.05) is 18.3 Å². The minimum atomic E-state index is -0.966. The van der Waals surface area contributed by atoms with Crippen LogP contribution in [0, 0.1) is 13.8 Å². The Labute approximate surface area is 78.2 Å². The standard InChI is InChI=1S/C7H10N2O2.C2H6/c1-4-5(2)9(3)8-6(4)7(10)11;1-2/h1-3H3,(H,10,11);1-2H3. The van der Waals surface area contributed by atoms with E-state index < -0.39 is 5.97 Å². The molecule has 0 bridgehead atoms. The normalized spacial score (nSPS) is 9.00. The molecule has 0 radical (unpaired) electrons. The number of rotatable bonds is 1. The Balaban J connectivity index is 0.000000671. The topological polar surface area (TPSA) is 55.1 Å². The average molecular weight is 184 g/mol. The summed E-state index contributed by atoms with van der Waals surface area (Å²) in [6.45, 7) is 7.60. The van der Waals surface area contributed by atoms with Crippen LogP contribution in [0.15, 0.2) is 0 Å². The molecule has 1 aromatic heterocycles. The van der Waals surface area contributed by atoms with Gasteiger partial charge in [0.25, 0.3) is 0 Å². The highest BCUT2D eigenvalue weighted by Crippen LogP contribution is 2.09. The summed E-state index contributed by atoms with van der Waals surface area (Å²) in [5, 5.41) is 12.5. The Kier molecular flexibility index (Phi) is 4.17. The minimum absolute atomic E-state index is 0.144. The highest BCUT2D eigenvalue weighted by molar-refractivity contribution is 5.87. The largest absolute Gasteiger partial charge is 0.476 e. The van der Waals surface area contributed by atoms with Crippen molar-refractivity contribution in [2.24, 2.45) is 7.05 Å². The number of carboxylic acids is 1. The molecule has 4 heteroatoms. The van der Waals surface area contributed by atoms with Crippen LogP contribution in [0.2, 0.25) is 0 Å². The molecule has 74 valence electrons. The van der Waals surface area contributed by atoms with Crippen molar-refractivity contribution < 1.29 is 9.90 Å². The smallest absolute Gasteiger partial charge is 0.356 e. The van der Waals surface area contributed by atoms with Crippen molar-refractivity contribution in [3.05, 3.63) is 17.0 Å². The molecule has 0 saturated heterocycles. The molecule has 0 amide bonds. The molecule has 0 aliphatic rings. The fraction of sp³-hybridized carbons (Fsp3) is 0.556. The second kappa shape index (κ2) is 4.64. The van der Waals surface area contributed by atoms with Crippen LogP contribution >= 0.6 is 0 Å². The average Bonchev–Trinajstić information content (AvgIpc) is 2.36. The van der Waals surface area contributed by atoms with Gasteiger partial charge >= 0.3 is 5.97 Å². The van der Waals surface area contributed by atoms with Crippen LogP contribution in [-0.4, -0.2) is 20.9 Å². The van der Waals surface area contributed by atoms with E-state index >= 15 is 0 Å². The molecule has 4 nitrogen and oxygen atoms in total. The number of aryl methyl sites for hydroxylation is 1. The summed E-state index contributed by atoms with van der Waals surface area (Å²) in [7, 11) is 1.73. The molecule has 0 aliphatic carbocycles. The number of aromatic carboxylic acids is 1. The zero-order valence-electron chi connectivity index (χ0n) is 8.75. The van der Waals surface area contributed by atoms with Crippen LogP contribution in [0.5, 0.6) is 0 Å². The molecular formula is C9H16N2O2. The van der Waals surface area contributed by atoms with Gasteiger partial charge in [-0.2, -0.15) is 5.10 Å². The van der Waals surface area contributed by atoms with Crippen LogP contribution in [0.25, 0.3) is 0 Å². The molecule has 0 spiro atoms. The first-order valence-corrected chi connectivity index (χ1v) is 4.27. The molecular weight excluding hydrogens is 168 g/mol. The Morgan fingerprint density at radius 2 is 1.85 bits per heavy atom. The quantitative estimate of drug-likeness (QED) is 0.723. The Hall–Kier alpha value is -1.32. The van der Waals surface area contributed by atoms with Crippen molar-refractivity contribution in [3.8, 4) is 0 Å². The summed E-state index contributed by atoms with van der Waals surface area (Å²) in [4.78, 5) is 10.5. The van der Waals surface area contributed by atoms with Gasteiger partial charge in [-0.15, -0.1) is 0 Å². The third-order valence-electron chi connectivity index (χ3n) is 1.84. The monoisotopic (exact) mass is 184 g/mol. The Bertz CT molecular complexity index is 303. The van der Waals surface area contributed by atoms with Gasteiger partial charge in [-0.1, -0.05) is 13.8 Å². The van der Waals surface area contributed by atoms with Crippen LogP contribution < -0.4 is 0 Å². The van der Waals surface area contributed by atoms with Gasteiger partial charge in [0.15, 0.2) is 5.69 Å². The molecule has 1 N–H and O–H groups in total. The number of nitrogens with zero attached hydrogens (tertiary/aromatic N) is 2. The second-order valence-corrected chi connectivity index (χ2v) is 2.49. The third-order valence-corrected chi connectivity index (χ3v) is 1.84. The maximum Gasteiger partial charge on any atom is 0.356 e. The van der Waals surface area contributed by atoms with E-state index in [2.05, 4.69) is 5.10 Å². The summed E-state index contributed by atoms with van der Waals surface area (Å²) in [5.74, 6) is -0.966. The molecule has 0 aromatic carbocycles. The van der Waals surface area contributed by atoms with Crippen molar-refractivity contribution in [2.75, 3.05) is 0 Å². The second-order valence-electron chi connectivity index (χ2n) is 2.49. The van der Waals surface area contributed by atoms with Crippen molar-refractivity contribution in [1.82, 2.24) is 9.78 Å². The van der Waals surface area contributed by atoms with Crippen LogP contribution in [-0.2, 0) is 7.05 Å². The molecule has 1 rings (SSSR count). The number of carbonyl (C=O) groups is 1. The molecule has 1 heterocycles. The molecule has 0 aliphatic heterocycles. The Morgan fingerprint density at radius 3 is 2.00 bits per heavy atom. The Morgan fingerprint density at radius 1 is 1.38 bits per heavy atom. The lowest BCUT2D eigenvalue weighted by Crippen LogP contribution is -2.00. The number of hydrogen-bond acceptors (Lipinski definition) is 2. The van der Waals surface area contributed by atoms with E-state index in [9.17, 15) is 4.79 Å². The number of hydrogen-bond donors (Lipinski definition) is 1. The van der Waals surface area contributed by atoms with Crippen molar-refractivity contribution in [2.45, 2.75) is 27.7 Å². The molecule has 0 fully saturated rings. The lowest BCUT2D eigenvalue weighted by atomic mass is 10.2. The lowest BCUT2D eigenvalue weighted by molar-refractivity contribution is 0.0689. The fourth-order valence-corrected chi connectivity index (χ4v) is 0.917. The summed E-state index contributed by atoms with van der Waals surface area (Å²) in [5.41, 5.74) is 1.77. The molecule has 0 unspecified atom stereocenters. The number of carboxylic acid groups (broad SMARTS) is 1.